The van der Waals surface area contributed by atoms with E-state index in [1.165, 1.54) is 10.3 Å². The number of fused-ring (bicyclic) bond motifs is 2. The molecule has 0 unspecified atom stereocenters. The molecule has 0 bridgehead atoms. The van der Waals surface area contributed by atoms with Gasteiger partial charge in [0.2, 0.25) is 0 Å². The lowest BCUT2D eigenvalue weighted by molar-refractivity contribution is 0.102. The predicted octanol–water partition coefficient (Wildman–Crippen LogP) is 5.77. The number of amides is 1. The number of benzene rings is 4. The fraction of sp³-hybridized carbons (Fsp3) is 0.172. The van der Waals surface area contributed by atoms with E-state index in [9.17, 15) is 4.79 Å². The first-order valence-electron chi connectivity index (χ1n) is 12.0. The van der Waals surface area contributed by atoms with Gasteiger partial charge in [0.05, 0.1) is 15.9 Å². The number of para-hydroxylation sites is 1. The molecule has 0 spiro atoms. The smallest absolute Gasteiger partial charge is 0.256 e. The molecule has 0 saturated carbocycles. The van der Waals surface area contributed by atoms with Crippen molar-refractivity contribution in [3.63, 3.8) is 0 Å². The van der Waals surface area contributed by atoms with Crippen molar-refractivity contribution >= 4 is 43.9 Å². The van der Waals surface area contributed by atoms with Crippen LogP contribution in [0, 0.1) is 0 Å². The van der Waals surface area contributed by atoms with Gasteiger partial charge >= 0.3 is 0 Å². The molecule has 1 saturated heterocycles. The van der Waals surface area contributed by atoms with Gasteiger partial charge in [0.25, 0.3) is 5.91 Å². The number of nitrogens with one attached hydrogen (secondary N) is 2. The van der Waals surface area contributed by atoms with Gasteiger partial charge in [0, 0.05) is 43.9 Å². The van der Waals surface area contributed by atoms with Crippen molar-refractivity contribution < 1.29 is 4.79 Å². The molecular formula is C29H26N4OS. The normalized spacial score (nSPS) is 14.4. The first-order chi connectivity index (χ1) is 17.2. The Kier molecular flexibility index (Phi) is 6.00. The van der Waals surface area contributed by atoms with Crippen LogP contribution in [-0.2, 0) is 6.54 Å². The number of anilines is 1. The zero-order valence-corrected chi connectivity index (χ0v) is 20.1. The van der Waals surface area contributed by atoms with E-state index in [4.69, 9.17) is 4.98 Å². The van der Waals surface area contributed by atoms with Crippen LogP contribution >= 0.6 is 11.3 Å². The van der Waals surface area contributed by atoms with Gasteiger partial charge in [0.1, 0.15) is 5.01 Å². The quantitative estimate of drug-likeness (QED) is 0.337. The summed E-state index contributed by atoms with van der Waals surface area (Å²) in [4.78, 5) is 20.7. The molecule has 0 radical (unpaired) electrons. The van der Waals surface area contributed by atoms with Crippen molar-refractivity contribution in [2.75, 3.05) is 31.5 Å². The third-order valence-electron chi connectivity index (χ3n) is 6.51. The molecule has 174 valence electrons. The summed E-state index contributed by atoms with van der Waals surface area (Å²) in [5, 5.41) is 9.46. The minimum atomic E-state index is -0.117. The van der Waals surface area contributed by atoms with Crippen molar-refractivity contribution in [3.8, 4) is 10.6 Å². The molecule has 35 heavy (non-hydrogen) atoms. The molecule has 1 aliphatic rings. The van der Waals surface area contributed by atoms with Gasteiger partial charge in [-0.25, -0.2) is 4.98 Å². The third kappa shape index (κ3) is 4.56. The lowest BCUT2D eigenvalue weighted by Crippen LogP contribution is -2.42. The van der Waals surface area contributed by atoms with Crippen molar-refractivity contribution in [3.05, 3.63) is 96.1 Å². The summed E-state index contributed by atoms with van der Waals surface area (Å²) >= 11 is 1.67. The number of rotatable bonds is 5. The second-order valence-electron chi connectivity index (χ2n) is 8.87. The molecule has 0 aliphatic carbocycles. The molecule has 5 aromatic rings. The van der Waals surface area contributed by atoms with Crippen LogP contribution in [0.2, 0.25) is 0 Å². The van der Waals surface area contributed by atoms with Crippen LogP contribution in [0.3, 0.4) is 0 Å². The maximum Gasteiger partial charge on any atom is 0.256 e. The van der Waals surface area contributed by atoms with Gasteiger partial charge < -0.3 is 10.6 Å². The Balaban J connectivity index is 1.29. The van der Waals surface area contributed by atoms with E-state index >= 15 is 0 Å². The molecule has 1 aromatic heterocycles. The number of hydrogen-bond donors (Lipinski definition) is 2. The summed E-state index contributed by atoms with van der Waals surface area (Å²) in [5.74, 6) is -0.117. The first-order valence-corrected chi connectivity index (χ1v) is 12.8. The summed E-state index contributed by atoms with van der Waals surface area (Å²) in [7, 11) is 0. The molecule has 6 rings (SSSR count). The minimum Gasteiger partial charge on any atom is -0.321 e. The molecule has 0 atom stereocenters. The first kappa shape index (κ1) is 21.9. The number of carbonyl (C=O) groups excluding carboxylic acids is 1. The number of hydrogen-bond acceptors (Lipinski definition) is 5. The molecule has 1 amide bonds. The number of thiazole rings is 1. The Morgan fingerprint density at radius 2 is 1.74 bits per heavy atom. The third-order valence-corrected chi connectivity index (χ3v) is 7.56. The molecule has 1 aliphatic heterocycles. The monoisotopic (exact) mass is 478 g/mol. The highest BCUT2D eigenvalue weighted by molar-refractivity contribution is 7.21. The topological polar surface area (TPSA) is 57.3 Å². The van der Waals surface area contributed by atoms with E-state index in [1.54, 1.807) is 11.3 Å². The lowest BCUT2D eigenvalue weighted by Gasteiger charge is -2.27. The Labute approximate surface area is 208 Å². The fourth-order valence-corrected chi connectivity index (χ4v) is 5.77. The average molecular weight is 479 g/mol. The van der Waals surface area contributed by atoms with Crippen LogP contribution in [0.4, 0.5) is 5.69 Å². The van der Waals surface area contributed by atoms with E-state index in [-0.39, 0.29) is 5.91 Å². The molecule has 5 nitrogen and oxygen atoms in total. The number of nitrogens with zero attached hydrogens (tertiary/aromatic N) is 2. The van der Waals surface area contributed by atoms with Gasteiger partial charge in [-0.05, 0) is 46.7 Å². The Hall–Kier alpha value is -3.58. The van der Waals surface area contributed by atoms with E-state index < -0.39 is 0 Å². The van der Waals surface area contributed by atoms with Crippen LogP contribution in [-0.4, -0.2) is 42.0 Å². The fourth-order valence-electron chi connectivity index (χ4n) is 4.70. The number of aromatic nitrogens is 1. The van der Waals surface area contributed by atoms with Crippen molar-refractivity contribution in [1.82, 2.24) is 15.2 Å². The summed E-state index contributed by atoms with van der Waals surface area (Å²) in [6, 6.07) is 28.3. The minimum absolute atomic E-state index is 0.117. The van der Waals surface area contributed by atoms with E-state index in [0.717, 1.165) is 65.3 Å². The Morgan fingerprint density at radius 1 is 0.943 bits per heavy atom. The summed E-state index contributed by atoms with van der Waals surface area (Å²) < 4.78 is 1.17. The SMILES string of the molecule is O=C(Nc1ccccc1-c1nc2ccc(CN3CCNCC3)cc2s1)c1cccc2ccccc12. The van der Waals surface area contributed by atoms with Crippen LogP contribution in [0.5, 0.6) is 0 Å². The van der Waals surface area contributed by atoms with Crippen molar-refractivity contribution in [2.24, 2.45) is 0 Å². The van der Waals surface area contributed by atoms with Crippen molar-refractivity contribution in [1.29, 1.82) is 0 Å². The predicted molar refractivity (Wildman–Crippen MR) is 145 cm³/mol. The molecule has 2 heterocycles. The zero-order chi connectivity index (χ0) is 23.6. The highest BCUT2D eigenvalue weighted by Crippen LogP contribution is 2.35. The van der Waals surface area contributed by atoms with Gasteiger partial charge in [-0.3, -0.25) is 9.69 Å². The molecule has 1 fully saturated rings. The zero-order valence-electron chi connectivity index (χ0n) is 19.3. The van der Waals surface area contributed by atoms with E-state index in [1.807, 2.05) is 66.7 Å². The highest BCUT2D eigenvalue weighted by Gasteiger charge is 2.16. The molecule has 4 aromatic carbocycles. The Morgan fingerprint density at radius 3 is 2.66 bits per heavy atom. The maximum absolute atomic E-state index is 13.3. The van der Waals surface area contributed by atoms with Crippen LogP contribution < -0.4 is 10.6 Å². The lowest BCUT2D eigenvalue weighted by atomic mass is 10.0. The van der Waals surface area contributed by atoms with Crippen molar-refractivity contribution in [2.45, 2.75) is 6.54 Å². The van der Waals surface area contributed by atoms with Gasteiger partial charge in [0.15, 0.2) is 0 Å². The Bertz CT molecular complexity index is 1510. The van der Waals surface area contributed by atoms with Crippen LogP contribution in [0.25, 0.3) is 31.6 Å². The number of carbonyl (C=O) groups is 1. The molecule has 2 N–H and O–H groups in total. The van der Waals surface area contributed by atoms with E-state index in [2.05, 4.69) is 33.7 Å². The highest BCUT2D eigenvalue weighted by atomic mass is 32.1. The molecular weight excluding hydrogens is 452 g/mol. The molecule has 6 heteroatoms. The van der Waals surface area contributed by atoms with Gasteiger partial charge in [-0.15, -0.1) is 11.3 Å². The van der Waals surface area contributed by atoms with Crippen LogP contribution in [0.15, 0.2) is 84.9 Å². The summed E-state index contributed by atoms with van der Waals surface area (Å²) in [6.45, 7) is 5.22. The van der Waals surface area contributed by atoms with Crippen LogP contribution in [0.1, 0.15) is 15.9 Å². The maximum atomic E-state index is 13.3. The van der Waals surface area contributed by atoms with Gasteiger partial charge in [-0.2, -0.15) is 0 Å². The largest absolute Gasteiger partial charge is 0.321 e. The summed E-state index contributed by atoms with van der Waals surface area (Å²) in [5.41, 5.74) is 4.67. The number of piperazine rings is 1. The second kappa shape index (κ2) is 9.58. The second-order valence-corrected chi connectivity index (χ2v) is 9.90. The van der Waals surface area contributed by atoms with Gasteiger partial charge in [-0.1, -0.05) is 54.6 Å². The average Bonchev–Trinajstić information content (AvgIpc) is 3.32. The standard InChI is InChI=1S/C29H26N4OS/c34-28(23-10-5-7-21-6-1-2-8-22(21)23)31-25-11-4-3-9-24(25)29-32-26-13-12-20(18-27(26)35-29)19-33-16-14-30-15-17-33/h1-13,18,30H,14-17,19H2,(H,31,34). The summed E-state index contributed by atoms with van der Waals surface area (Å²) in [6.07, 6.45) is 0. The van der Waals surface area contributed by atoms with E-state index in [0.29, 0.717) is 5.56 Å².